The van der Waals surface area contributed by atoms with E-state index < -0.39 is 17.1 Å². The highest BCUT2D eigenvalue weighted by molar-refractivity contribution is 8.18. The average molecular weight is 476 g/mol. The molecule has 2 aromatic carbocycles. The van der Waals surface area contributed by atoms with Crippen LogP contribution >= 0.6 is 23.4 Å². The van der Waals surface area contributed by atoms with Gasteiger partial charge in [0.25, 0.3) is 11.1 Å². The summed E-state index contributed by atoms with van der Waals surface area (Å²) in [6, 6.07) is 8.16. The minimum absolute atomic E-state index is 0.00701. The van der Waals surface area contributed by atoms with Crippen LogP contribution in [0.2, 0.25) is 5.02 Å². The summed E-state index contributed by atoms with van der Waals surface area (Å²) in [5, 5.41) is -0.0313. The molecule has 1 saturated heterocycles. The van der Waals surface area contributed by atoms with Crippen molar-refractivity contribution >= 4 is 46.6 Å². The standard InChI is InChI=1S/C22H18ClNO7S/c1-3-28-17-6-13(4-5-16(17)31-12(2)25)7-20-21(26)24(22(27)32-20)10-14-8-18-19(9-15(14)23)30-11-29-18/h4-9H,3,10-11H2,1-2H3/b20-7+. The molecule has 0 bridgehead atoms. The van der Waals surface area contributed by atoms with Crippen LogP contribution in [0.3, 0.4) is 0 Å². The van der Waals surface area contributed by atoms with Gasteiger partial charge in [-0.1, -0.05) is 17.7 Å². The number of hydrogen-bond acceptors (Lipinski definition) is 8. The van der Waals surface area contributed by atoms with Gasteiger partial charge in [-0.15, -0.1) is 0 Å². The van der Waals surface area contributed by atoms with Crippen LogP contribution in [0.25, 0.3) is 6.08 Å². The van der Waals surface area contributed by atoms with Crippen LogP contribution in [0, 0.1) is 0 Å². The molecule has 0 aliphatic carbocycles. The van der Waals surface area contributed by atoms with Crippen LogP contribution in [-0.2, 0) is 16.1 Å². The average Bonchev–Trinajstić information content (AvgIpc) is 3.29. The molecule has 1 fully saturated rings. The number of benzene rings is 2. The number of carbonyl (C=O) groups is 3. The number of imide groups is 1. The second-order valence-electron chi connectivity index (χ2n) is 6.80. The zero-order valence-electron chi connectivity index (χ0n) is 17.2. The van der Waals surface area contributed by atoms with Crippen molar-refractivity contribution in [2.45, 2.75) is 20.4 Å². The van der Waals surface area contributed by atoms with E-state index in [1.54, 1.807) is 43.3 Å². The second-order valence-corrected chi connectivity index (χ2v) is 8.20. The third kappa shape index (κ3) is 4.53. The summed E-state index contributed by atoms with van der Waals surface area (Å²) in [6.45, 7) is 3.57. The molecular weight excluding hydrogens is 458 g/mol. The SMILES string of the molecule is CCOc1cc(/C=C2/SC(=O)N(Cc3cc4c(cc3Cl)OCO4)C2=O)ccc1OC(C)=O. The number of hydrogen-bond donors (Lipinski definition) is 0. The molecule has 0 spiro atoms. The number of amides is 2. The van der Waals surface area contributed by atoms with Gasteiger partial charge in [0, 0.05) is 18.0 Å². The number of carbonyl (C=O) groups excluding carboxylic acids is 3. The van der Waals surface area contributed by atoms with Crippen molar-refractivity contribution in [2.75, 3.05) is 13.4 Å². The van der Waals surface area contributed by atoms with Crippen molar-refractivity contribution in [1.82, 2.24) is 4.90 Å². The maximum Gasteiger partial charge on any atom is 0.308 e. The van der Waals surface area contributed by atoms with Crippen molar-refractivity contribution in [3.05, 3.63) is 51.4 Å². The molecule has 166 valence electrons. The van der Waals surface area contributed by atoms with Gasteiger partial charge in [-0.3, -0.25) is 19.3 Å². The molecular formula is C22H18ClNO7S. The number of esters is 1. The van der Waals surface area contributed by atoms with E-state index in [1.165, 1.54) is 6.92 Å². The summed E-state index contributed by atoms with van der Waals surface area (Å²) < 4.78 is 21.3. The lowest BCUT2D eigenvalue weighted by Gasteiger charge is -2.14. The van der Waals surface area contributed by atoms with Crippen LogP contribution in [0.4, 0.5) is 4.79 Å². The lowest BCUT2D eigenvalue weighted by atomic mass is 10.1. The third-order valence-electron chi connectivity index (χ3n) is 4.56. The Labute approximate surface area is 193 Å². The summed E-state index contributed by atoms with van der Waals surface area (Å²) in [5.41, 5.74) is 1.19. The van der Waals surface area contributed by atoms with E-state index in [4.69, 9.17) is 30.5 Å². The molecule has 0 N–H and O–H groups in total. The monoisotopic (exact) mass is 475 g/mol. The Balaban J connectivity index is 1.56. The van der Waals surface area contributed by atoms with Gasteiger partial charge in [0.15, 0.2) is 23.0 Å². The number of thioether (sulfide) groups is 1. The molecule has 32 heavy (non-hydrogen) atoms. The van der Waals surface area contributed by atoms with Gasteiger partial charge in [0.1, 0.15) is 0 Å². The summed E-state index contributed by atoms with van der Waals surface area (Å²) >= 11 is 7.12. The minimum Gasteiger partial charge on any atom is -0.490 e. The molecule has 10 heteroatoms. The number of ether oxygens (including phenoxy) is 4. The van der Waals surface area contributed by atoms with Gasteiger partial charge < -0.3 is 18.9 Å². The lowest BCUT2D eigenvalue weighted by Crippen LogP contribution is -2.27. The smallest absolute Gasteiger partial charge is 0.308 e. The summed E-state index contributed by atoms with van der Waals surface area (Å²) in [6.07, 6.45) is 1.59. The molecule has 0 saturated carbocycles. The predicted octanol–water partition coefficient (Wildman–Crippen LogP) is 4.63. The molecule has 0 unspecified atom stereocenters. The summed E-state index contributed by atoms with van der Waals surface area (Å²) in [4.78, 5) is 38.1. The normalized spacial score (nSPS) is 16.1. The summed E-state index contributed by atoms with van der Waals surface area (Å²) in [5.74, 6) is 0.779. The maximum atomic E-state index is 12.9. The topological polar surface area (TPSA) is 91.4 Å². The van der Waals surface area contributed by atoms with Gasteiger partial charge in [-0.2, -0.15) is 0 Å². The van der Waals surface area contributed by atoms with Crippen molar-refractivity contribution in [1.29, 1.82) is 0 Å². The van der Waals surface area contributed by atoms with E-state index in [1.807, 2.05) is 0 Å². The fraction of sp³-hybridized carbons (Fsp3) is 0.227. The Kier molecular flexibility index (Phi) is 6.29. The highest BCUT2D eigenvalue weighted by Crippen LogP contribution is 2.40. The number of nitrogens with zero attached hydrogens (tertiary/aromatic N) is 1. The Morgan fingerprint density at radius 1 is 1.19 bits per heavy atom. The van der Waals surface area contributed by atoms with Crippen LogP contribution in [0.1, 0.15) is 25.0 Å². The van der Waals surface area contributed by atoms with Crippen molar-refractivity contribution in [3.63, 3.8) is 0 Å². The zero-order chi connectivity index (χ0) is 22.8. The van der Waals surface area contributed by atoms with E-state index in [2.05, 4.69) is 0 Å². The van der Waals surface area contributed by atoms with Crippen LogP contribution in [-0.4, -0.2) is 35.4 Å². The summed E-state index contributed by atoms with van der Waals surface area (Å²) in [7, 11) is 0. The van der Waals surface area contributed by atoms with Crippen LogP contribution in [0.15, 0.2) is 35.2 Å². The first-order valence-electron chi connectivity index (χ1n) is 9.64. The highest BCUT2D eigenvalue weighted by Gasteiger charge is 2.35. The largest absolute Gasteiger partial charge is 0.490 e. The fourth-order valence-electron chi connectivity index (χ4n) is 3.16. The zero-order valence-corrected chi connectivity index (χ0v) is 18.7. The molecule has 0 radical (unpaired) electrons. The quantitative estimate of drug-likeness (QED) is 0.339. The number of halogens is 1. The third-order valence-corrected chi connectivity index (χ3v) is 5.82. The van der Waals surface area contributed by atoms with E-state index in [9.17, 15) is 14.4 Å². The van der Waals surface area contributed by atoms with Gasteiger partial charge >= 0.3 is 5.97 Å². The minimum atomic E-state index is -0.470. The van der Waals surface area contributed by atoms with Gasteiger partial charge in [-0.05, 0) is 54.1 Å². The van der Waals surface area contributed by atoms with Gasteiger partial charge in [0.2, 0.25) is 6.79 Å². The molecule has 2 aliphatic rings. The molecule has 2 amide bonds. The molecule has 2 aromatic rings. The van der Waals surface area contributed by atoms with E-state index in [0.717, 1.165) is 16.7 Å². The van der Waals surface area contributed by atoms with Gasteiger partial charge in [0.05, 0.1) is 18.1 Å². The molecule has 0 aromatic heterocycles. The first-order valence-corrected chi connectivity index (χ1v) is 10.8. The number of fused-ring (bicyclic) bond motifs is 1. The Hall–Kier alpha value is -3.17. The lowest BCUT2D eigenvalue weighted by molar-refractivity contribution is -0.132. The molecule has 0 atom stereocenters. The maximum absolute atomic E-state index is 12.9. The van der Waals surface area contributed by atoms with E-state index in [-0.39, 0.29) is 24.0 Å². The van der Waals surface area contributed by atoms with Crippen LogP contribution in [0.5, 0.6) is 23.0 Å². The first kappa shape index (κ1) is 22.0. The Morgan fingerprint density at radius 2 is 1.94 bits per heavy atom. The van der Waals surface area contributed by atoms with Crippen molar-refractivity contribution in [3.8, 4) is 23.0 Å². The molecule has 2 aliphatic heterocycles. The Bertz CT molecular complexity index is 1150. The first-order chi connectivity index (χ1) is 15.4. The van der Waals surface area contributed by atoms with Gasteiger partial charge in [-0.25, -0.2) is 0 Å². The van der Waals surface area contributed by atoms with Crippen molar-refractivity contribution in [2.24, 2.45) is 0 Å². The molecule has 4 rings (SSSR count). The highest BCUT2D eigenvalue weighted by atomic mass is 35.5. The van der Waals surface area contributed by atoms with E-state index >= 15 is 0 Å². The number of rotatable bonds is 6. The Morgan fingerprint density at radius 3 is 2.66 bits per heavy atom. The predicted molar refractivity (Wildman–Crippen MR) is 118 cm³/mol. The second kappa shape index (κ2) is 9.13. The fourth-order valence-corrected chi connectivity index (χ4v) is 4.21. The van der Waals surface area contributed by atoms with E-state index in [0.29, 0.717) is 40.0 Å². The molecule has 2 heterocycles. The van der Waals surface area contributed by atoms with Crippen LogP contribution < -0.4 is 18.9 Å². The molecule has 8 nitrogen and oxygen atoms in total. The van der Waals surface area contributed by atoms with Crippen molar-refractivity contribution < 1.29 is 33.3 Å².